The van der Waals surface area contributed by atoms with E-state index in [4.69, 9.17) is 5.11 Å². The molecule has 18 heavy (non-hydrogen) atoms. The number of nitrogens with one attached hydrogen (secondary N) is 1. The lowest BCUT2D eigenvalue weighted by molar-refractivity contribution is -0.141. The van der Waals surface area contributed by atoms with Crippen LogP contribution in [0.4, 0.5) is 4.79 Å². The van der Waals surface area contributed by atoms with Gasteiger partial charge in [-0.2, -0.15) is 0 Å². The first-order valence-electron chi connectivity index (χ1n) is 6.01. The van der Waals surface area contributed by atoms with E-state index in [2.05, 4.69) is 5.32 Å². The van der Waals surface area contributed by atoms with E-state index in [1.165, 1.54) is 6.92 Å². The fraction of sp³-hybridized carbons (Fsp3) is 0.833. The molecule has 0 fully saturated rings. The molecule has 2 atom stereocenters. The van der Waals surface area contributed by atoms with Gasteiger partial charge in [0.25, 0.3) is 0 Å². The maximum Gasteiger partial charge on any atom is 0.317 e. The Bertz CT molecular complexity index is 302. The van der Waals surface area contributed by atoms with Crippen molar-refractivity contribution < 1.29 is 19.8 Å². The average molecular weight is 260 g/mol. The molecule has 2 unspecified atom stereocenters. The number of carboxylic acid groups (broad SMARTS) is 1. The van der Waals surface area contributed by atoms with E-state index in [0.29, 0.717) is 5.92 Å². The Labute approximate surface area is 108 Å². The van der Waals surface area contributed by atoms with Gasteiger partial charge < -0.3 is 20.4 Å². The van der Waals surface area contributed by atoms with Crippen LogP contribution in [0, 0.1) is 5.92 Å². The lowest BCUT2D eigenvalue weighted by Gasteiger charge is -2.30. The van der Waals surface area contributed by atoms with Gasteiger partial charge in [-0.05, 0) is 19.8 Å². The highest BCUT2D eigenvalue weighted by molar-refractivity contribution is 5.74. The van der Waals surface area contributed by atoms with Gasteiger partial charge in [0.05, 0.1) is 12.0 Å². The summed E-state index contributed by atoms with van der Waals surface area (Å²) in [4.78, 5) is 23.8. The van der Waals surface area contributed by atoms with E-state index in [9.17, 15) is 14.7 Å². The summed E-state index contributed by atoms with van der Waals surface area (Å²) in [7, 11) is 1.67. The van der Waals surface area contributed by atoms with Crippen molar-refractivity contribution in [1.82, 2.24) is 10.2 Å². The van der Waals surface area contributed by atoms with Gasteiger partial charge in [-0.25, -0.2) is 4.79 Å². The van der Waals surface area contributed by atoms with Crippen LogP contribution < -0.4 is 5.32 Å². The third-order valence-electron chi connectivity index (χ3n) is 3.05. The second-order valence-corrected chi connectivity index (χ2v) is 5.32. The number of rotatable bonds is 6. The zero-order valence-electron chi connectivity index (χ0n) is 11.7. The van der Waals surface area contributed by atoms with Gasteiger partial charge in [-0.15, -0.1) is 0 Å². The Morgan fingerprint density at radius 1 is 1.33 bits per heavy atom. The van der Waals surface area contributed by atoms with Crippen molar-refractivity contribution in [3.05, 3.63) is 0 Å². The molecule has 0 saturated carbocycles. The number of urea groups is 1. The molecule has 0 aliphatic heterocycles. The molecule has 3 N–H and O–H groups in total. The van der Waals surface area contributed by atoms with Crippen molar-refractivity contribution in [3.8, 4) is 0 Å². The number of carboxylic acids is 1. The van der Waals surface area contributed by atoms with Crippen molar-refractivity contribution in [2.75, 3.05) is 13.6 Å². The van der Waals surface area contributed by atoms with E-state index in [1.54, 1.807) is 11.9 Å². The highest BCUT2D eigenvalue weighted by atomic mass is 16.4. The van der Waals surface area contributed by atoms with Crippen LogP contribution in [0.1, 0.15) is 34.1 Å². The monoisotopic (exact) mass is 260 g/mol. The molecule has 0 aromatic carbocycles. The Morgan fingerprint density at radius 2 is 1.83 bits per heavy atom. The molecule has 0 aliphatic carbocycles. The predicted molar refractivity (Wildman–Crippen MR) is 68.3 cm³/mol. The summed E-state index contributed by atoms with van der Waals surface area (Å²) in [6, 6.07) is -0.253. The summed E-state index contributed by atoms with van der Waals surface area (Å²) in [6.45, 7) is 7.24. The first kappa shape index (κ1) is 16.7. The van der Waals surface area contributed by atoms with Crippen LogP contribution in [-0.4, -0.2) is 52.3 Å². The SMILES string of the molecule is CC(C)C(C)N(C)C(=O)NCC(C)(O)CC(=O)O. The number of amides is 2. The number of aliphatic hydroxyl groups is 1. The maximum absolute atomic E-state index is 11.8. The molecule has 6 heteroatoms. The van der Waals surface area contributed by atoms with Crippen LogP contribution >= 0.6 is 0 Å². The molecule has 2 amide bonds. The van der Waals surface area contributed by atoms with Crippen molar-refractivity contribution in [1.29, 1.82) is 0 Å². The van der Waals surface area contributed by atoms with Crippen LogP contribution in [0.5, 0.6) is 0 Å². The Kier molecular flexibility index (Phi) is 6.11. The van der Waals surface area contributed by atoms with E-state index < -0.39 is 18.0 Å². The number of carbonyl (C=O) groups is 2. The van der Waals surface area contributed by atoms with Gasteiger partial charge in [-0.1, -0.05) is 13.8 Å². The smallest absolute Gasteiger partial charge is 0.317 e. The van der Waals surface area contributed by atoms with Gasteiger partial charge in [0.15, 0.2) is 0 Å². The molecular formula is C12H24N2O4. The minimum Gasteiger partial charge on any atom is -0.481 e. The lowest BCUT2D eigenvalue weighted by atomic mass is 10.0. The van der Waals surface area contributed by atoms with Crippen molar-refractivity contribution in [3.63, 3.8) is 0 Å². The zero-order valence-corrected chi connectivity index (χ0v) is 11.7. The molecule has 106 valence electrons. The quantitative estimate of drug-likeness (QED) is 0.662. The van der Waals surface area contributed by atoms with Crippen LogP contribution in [0.15, 0.2) is 0 Å². The Hall–Kier alpha value is -1.30. The van der Waals surface area contributed by atoms with Crippen LogP contribution in [-0.2, 0) is 4.79 Å². The maximum atomic E-state index is 11.8. The second-order valence-electron chi connectivity index (χ2n) is 5.32. The molecule has 0 radical (unpaired) electrons. The number of aliphatic carboxylic acids is 1. The molecule has 0 rings (SSSR count). The van der Waals surface area contributed by atoms with Crippen molar-refractivity contribution in [2.45, 2.75) is 45.8 Å². The zero-order chi connectivity index (χ0) is 14.5. The van der Waals surface area contributed by atoms with Gasteiger partial charge in [0.2, 0.25) is 0 Å². The van der Waals surface area contributed by atoms with Crippen LogP contribution in [0.3, 0.4) is 0 Å². The fourth-order valence-corrected chi connectivity index (χ4v) is 1.41. The second kappa shape index (κ2) is 6.58. The first-order valence-corrected chi connectivity index (χ1v) is 6.01. The molecule has 0 aliphatic rings. The molecule has 0 saturated heterocycles. The van der Waals surface area contributed by atoms with E-state index in [-0.39, 0.29) is 18.6 Å². The van der Waals surface area contributed by atoms with Crippen LogP contribution in [0.2, 0.25) is 0 Å². The number of nitrogens with zero attached hydrogens (tertiary/aromatic N) is 1. The van der Waals surface area contributed by atoms with E-state index >= 15 is 0 Å². The molecule has 0 aromatic rings. The number of hydrogen-bond donors (Lipinski definition) is 3. The average Bonchev–Trinajstić information content (AvgIpc) is 2.21. The Morgan fingerprint density at radius 3 is 2.22 bits per heavy atom. The summed E-state index contributed by atoms with van der Waals surface area (Å²) in [6.07, 6.45) is -0.406. The summed E-state index contributed by atoms with van der Waals surface area (Å²) < 4.78 is 0. The summed E-state index contributed by atoms with van der Waals surface area (Å²) in [5.41, 5.74) is -1.44. The van der Waals surface area contributed by atoms with Gasteiger partial charge in [-0.3, -0.25) is 4.79 Å². The van der Waals surface area contributed by atoms with Crippen LogP contribution in [0.25, 0.3) is 0 Å². The highest BCUT2D eigenvalue weighted by Crippen LogP contribution is 2.10. The third-order valence-corrected chi connectivity index (χ3v) is 3.05. The number of carbonyl (C=O) groups excluding carboxylic acids is 1. The highest BCUT2D eigenvalue weighted by Gasteiger charge is 2.26. The third kappa shape index (κ3) is 5.86. The molecule has 0 spiro atoms. The fourth-order valence-electron chi connectivity index (χ4n) is 1.41. The topological polar surface area (TPSA) is 89.9 Å². The minimum absolute atomic E-state index is 0.0643. The molecular weight excluding hydrogens is 236 g/mol. The summed E-state index contributed by atoms with van der Waals surface area (Å²) in [5.74, 6) is -0.779. The summed E-state index contributed by atoms with van der Waals surface area (Å²) in [5, 5.41) is 20.9. The summed E-state index contributed by atoms with van der Waals surface area (Å²) >= 11 is 0. The van der Waals surface area contributed by atoms with E-state index in [1.807, 2.05) is 20.8 Å². The van der Waals surface area contributed by atoms with Gasteiger partial charge in [0, 0.05) is 19.6 Å². The van der Waals surface area contributed by atoms with Crippen molar-refractivity contribution in [2.24, 2.45) is 5.92 Å². The Balaban J connectivity index is 4.29. The first-order chi connectivity index (χ1) is 8.07. The largest absolute Gasteiger partial charge is 0.481 e. The number of hydrogen-bond acceptors (Lipinski definition) is 3. The molecule has 0 bridgehead atoms. The normalized spacial score (nSPS) is 15.9. The molecule has 6 nitrogen and oxygen atoms in total. The standard InChI is InChI=1S/C12H24N2O4/c1-8(2)9(3)14(5)11(17)13-7-12(4,18)6-10(15)16/h8-9,18H,6-7H2,1-5H3,(H,13,17)(H,15,16). The molecule has 0 aromatic heterocycles. The molecule has 0 heterocycles. The van der Waals surface area contributed by atoms with Gasteiger partial charge in [0.1, 0.15) is 0 Å². The van der Waals surface area contributed by atoms with E-state index in [0.717, 1.165) is 0 Å². The van der Waals surface area contributed by atoms with Gasteiger partial charge >= 0.3 is 12.0 Å². The predicted octanol–water partition coefficient (Wildman–Crippen LogP) is 0.898. The minimum atomic E-state index is -1.44. The van der Waals surface area contributed by atoms with Crippen molar-refractivity contribution >= 4 is 12.0 Å². The lowest BCUT2D eigenvalue weighted by Crippen LogP contribution is -2.49.